The smallest absolute Gasteiger partial charge is 0.423 e. The summed E-state index contributed by atoms with van der Waals surface area (Å²) in [4.78, 5) is 0. The summed E-state index contributed by atoms with van der Waals surface area (Å²) in [6.45, 7) is 4.67. The molecule has 4 rings (SSSR count). The fourth-order valence-electron chi connectivity index (χ4n) is 3.02. The first-order chi connectivity index (χ1) is 13.3. The lowest BCUT2D eigenvalue weighted by atomic mass is 9.79. The maximum Gasteiger partial charge on any atom is 0.491 e. The third-order valence-corrected chi connectivity index (χ3v) is 5.66. The van der Waals surface area contributed by atoms with Crippen LogP contribution in [0.5, 0.6) is 0 Å². The lowest BCUT2D eigenvalue weighted by Crippen LogP contribution is -2.27. The zero-order chi connectivity index (χ0) is 20.4. The highest BCUT2D eigenvalue weighted by atomic mass is 127. The molecular formula is C18H20BClFIN4O2. The molecule has 3 aromatic rings. The summed E-state index contributed by atoms with van der Waals surface area (Å²) in [5, 5.41) is 18.4. The molecule has 1 aromatic carbocycles. The fraction of sp³-hybridized carbons (Fsp3) is 0.333. The van der Waals surface area contributed by atoms with Gasteiger partial charge in [0, 0.05) is 43.5 Å². The highest BCUT2D eigenvalue weighted by molar-refractivity contribution is 14.1. The van der Waals surface area contributed by atoms with Gasteiger partial charge in [-0.15, -0.1) is 0 Å². The maximum atomic E-state index is 12.7. The second kappa shape index (κ2) is 8.94. The van der Waals surface area contributed by atoms with Crippen molar-refractivity contribution in [3.05, 3.63) is 62.0 Å². The molecule has 0 radical (unpaired) electrons. The van der Waals surface area contributed by atoms with E-state index < -0.39 is 7.12 Å². The molecule has 0 saturated carbocycles. The number of hydrogen-bond acceptors (Lipinski definition) is 4. The van der Waals surface area contributed by atoms with Crippen LogP contribution in [-0.2, 0) is 24.7 Å². The molecular weight excluding hydrogens is 496 g/mol. The molecule has 0 amide bonds. The molecule has 10 heteroatoms. The Morgan fingerprint density at radius 1 is 1.32 bits per heavy atom. The van der Waals surface area contributed by atoms with Crippen LogP contribution >= 0.6 is 34.2 Å². The van der Waals surface area contributed by atoms with Crippen molar-refractivity contribution in [3.63, 3.8) is 0 Å². The molecule has 2 aromatic heterocycles. The summed E-state index contributed by atoms with van der Waals surface area (Å²) in [5.74, 6) is -0.293. The van der Waals surface area contributed by atoms with Gasteiger partial charge in [0.2, 0.25) is 0 Å². The van der Waals surface area contributed by atoms with E-state index in [-0.39, 0.29) is 11.9 Å². The second-order valence-corrected chi connectivity index (χ2v) is 7.88. The van der Waals surface area contributed by atoms with Crippen LogP contribution in [0.4, 0.5) is 4.39 Å². The van der Waals surface area contributed by atoms with Gasteiger partial charge >= 0.3 is 7.12 Å². The van der Waals surface area contributed by atoms with E-state index in [2.05, 4.69) is 32.8 Å². The van der Waals surface area contributed by atoms with Gasteiger partial charge in [-0.05, 0) is 59.6 Å². The SMILES string of the molecule is CCn1cc(Cc2cn(C)nc2I)c(Cl)n1.C[C@H]1OB(O)c2ccc(F)cc21. The van der Waals surface area contributed by atoms with Crippen molar-refractivity contribution in [1.82, 2.24) is 19.6 Å². The Balaban J connectivity index is 0.000000167. The van der Waals surface area contributed by atoms with Crippen LogP contribution in [0.25, 0.3) is 0 Å². The van der Waals surface area contributed by atoms with Gasteiger partial charge < -0.3 is 9.68 Å². The summed E-state index contributed by atoms with van der Waals surface area (Å²) in [6, 6.07) is 4.28. The van der Waals surface area contributed by atoms with Crippen LogP contribution in [0.15, 0.2) is 30.6 Å². The average Bonchev–Trinajstić information content (AvgIpc) is 3.25. The molecule has 0 unspecified atom stereocenters. The highest BCUT2D eigenvalue weighted by Gasteiger charge is 2.32. The van der Waals surface area contributed by atoms with E-state index in [4.69, 9.17) is 16.3 Å². The second-order valence-electron chi connectivity index (χ2n) is 6.50. The Kier molecular flexibility index (Phi) is 6.79. The third kappa shape index (κ3) is 4.76. The normalized spacial score (nSPS) is 15.4. The Morgan fingerprint density at radius 3 is 2.68 bits per heavy atom. The Labute approximate surface area is 181 Å². The van der Waals surface area contributed by atoms with Gasteiger partial charge in [0.15, 0.2) is 5.15 Å². The monoisotopic (exact) mass is 516 g/mol. The van der Waals surface area contributed by atoms with Gasteiger partial charge in [0.05, 0.1) is 6.10 Å². The topological polar surface area (TPSA) is 65.1 Å². The minimum atomic E-state index is -0.893. The molecule has 148 valence electrons. The summed E-state index contributed by atoms with van der Waals surface area (Å²) in [5.41, 5.74) is 3.64. The summed E-state index contributed by atoms with van der Waals surface area (Å²) in [6.07, 6.45) is 4.57. The minimum Gasteiger partial charge on any atom is -0.423 e. The summed E-state index contributed by atoms with van der Waals surface area (Å²) in [7, 11) is 1.03. The number of nitrogens with zero attached hydrogens (tertiary/aromatic N) is 4. The molecule has 0 saturated heterocycles. The predicted octanol–water partition coefficient (Wildman–Crippen LogP) is 3.09. The Hall–Kier alpha value is -1.43. The molecule has 1 aliphatic heterocycles. The van der Waals surface area contributed by atoms with Crippen LogP contribution in [0.3, 0.4) is 0 Å². The Morgan fingerprint density at radius 2 is 2.07 bits per heavy atom. The molecule has 0 fully saturated rings. The molecule has 6 nitrogen and oxygen atoms in total. The van der Waals surface area contributed by atoms with Gasteiger partial charge in [-0.2, -0.15) is 10.2 Å². The molecule has 1 N–H and O–H groups in total. The minimum absolute atomic E-state index is 0.217. The first-order valence-electron chi connectivity index (χ1n) is 8.81. The molecule has 0 bridgehead atoms. The predicted molar refractivity (Wildman–Crippen MR) is 115 cm³/mol. The molecule has 28 heavy (non-hydrogen) atoms. The van der Waals surface area contributed by atoms with Crippen molar-refractivity contribution in [2.24, 2.45) is 7.05 Å². The van der Waals surface area contributed by atoms with Crippen molar-refractivity contribution >= 4 is 46.8 Å². The lowest BCUT2D eigenvalue weighted by molar-refractivity contribution is 0.208. The van der Waals surface area contributed by atoms with Crippen LogP contribution < -0.4 is 5.46 Å². The number of aryl methyl sites for hydroxylation is 2. The van der Waals surface area contributed by atoms with Gasteiger partial charge in [-0.25, -0.2) is 4.39 Å². The third-order valence-electron chi connectivity index (χ3n) is 4.43. The van der Waals surface area contributed by atoms with Crippen molar-refractivity contribution in [1.29, 1.82) is 0 Å². The highest BCUT2D eigenvalue weighted by Crippen LogP contribution is 2.23. The molecule has 1 aliphatic rings. The number of aromatic nitrogens is 4. The summed E-state index contributed by atoms with van der Waals surface area (Å²) < 4.78 is 22.5. The van der Waals surface area contributed by atoms with Crippen LogP contribution in [0.1, 0.15) is 36.6 Å². The van der Waals surface area contributed by atoms with Gasteiger partial charge in [-0.3, -0.25) is 9.36 Å². The van der Waals surface area contributed by atoms with E-state index in [0.29, 0.717) is 10.6 Å². The van der Waals surface area contributed by atoms with E-state index >= 15 is 0 Å². The summed E-state index contributed by atoms with van der Waals surface area (Å²) >= 11 is 8.30. The Bertz CT molecular complexity index is 981. The van der Waals surface area contributed by atoms with E-state index in [1.54, 1.807) is 13.0 Å². The van der Waals surface area contributed by atoms with Crippen molar-refractivity contribution in [2.45, 2.75) is 32.9 Å². The lowest BCUT2D eigenvalue weighted by Gasteiger charge is -2.02. The number of fused-ring (bicyclic) bond motifs is 1. The molecule has 0 spiro atoms. The van der Waals surface area contributed by atoms with E-state index in [1.165, 1.54) is 17.7 Å². The number of rotatable bonds is 3. The number of hydrogen-bond donors (Lipinski definition) is 1. The van der Waals surface area contributed by atoms with Crippen molar-refractivity contribution < 1.29 is 14.1 Å². The zero-order valence-electron chi connectivity index (χ0n) is 15.7. The number of benzene rings is 1. The first-order valence-corrected chi connectivity index (χ1v) is 10.3. The zero-order valence-corrected chi connectivity index (χ0v) is 18.6. The van der Waals surface area contributed by atoms with Gasteiger partial charge in [0.25, 0.3) is 0 Å². The van der Waals surface area contributed by atoms with Crippen molar-refractivity contribution in [3.8, 4) is 0 Å². The fourth-order valence-corrected chi connectivity index (χ4v) is 3.90. The van der Waals surface area contributed by atoms with E-state index in [1.807, 2.05) is 35.7 Å². The van der Waals surface area contributed by atoms with E-state index in [0.717, 1.165) is 27.8 Å². The standard InChI is InChI=1S/C10H12ClIN4.C8H8BFO2/c1-3-16-6-7(9(11)13-16)4-8-5-15(2)14-10(8)12;1-5-7-4-6(10)2-3-8(7)9(11)12-5/h5-6H,3-4H2,1-2H3;2-5,11H,1H3/t;5-/m.1/s1. The largest absolute Gasteiger partial charge is 0.491 e. The maximum absolute atomic E-state index is 12.7. The molecule has 3 heterocycles. The van der Waals surface area contributed by atoms with Crippen LogP contribution in [0, 0.1) is 9.52 Å². The van der Waals surface area contributed by atoms with E-state index in [9.17, 15) is 9.41 Å². The van der Waals surface area contributed by atoms with Crippen LogP contribution in [-0.4, -0.2) is 31.7 Å². The van der Waals surface area contributed by atoms with Crippen LogP contribution in [0.2, 0.25) is 5.15 Å². The molecule has 1 atom stereocenters. The number of halogens is 3. The quantitative estimate of drug-likeness (QED) is 0.429. The average molecular weight is 517 g/mol. The van der Waals surface area contributed by atoms with Gasteiger partial charge in [-0.1, -0.05) is 17.7 Å². The van der Waals surface area contributed by atoms with Gasteiger partial charge in [0.1, 0.15) is 9.52 Å². The first kappa shape index (κ1) is 21.3. The van der Waals surface area contributed by atoms with Crippen molar-refractivity contribution in [2.75, 3.05) is 0 Å². The molecule has 0 aliphatic carbocycles.